The topological polar surface area (TPSA) is 64.9 Å². The molecule has 0 spiro atoms. The Kier molecular flexibility index (Phi) is 4.33. The molecule has 0 radical (unpaired) electrons. The predicted octanol–water partition coefficient (Wildman–Crippen LogP) is 2.87. The minimum absolute atomic E-state index is 0.310. The van der Waals surface area contributed by atoms with Crippen molar-refractivity contribution < 1.29 is 4.74 Å². The number of hydrogen-bond acceptors (Lipinski definition) is 5. The Morgan fingerprint density at radius 1 is 1.42 bits per heavy atom. The van der Waals surface area contributed by atoms with Crippen molar-refractivity contribution in [2.45, 2.75) is 33.2 Å². The SMILES string of the molecule is CCCNc1nccc(Oc2cnn(C(C)C)c2)n1. The number of hydrogen-bond donors (Lipinski definition) is 1. The molecule has 102 valence electrons. The Morgan fingerprint density at radius 3 is 2.95 bits per heavy atom. The molecule has 0 fully saturated rings. The van der Waals surface area contributed by atoms with E-state index in [2.05, 4.69) is 41.2 Å². The smallest absolute Gasteiger partial charge is 0.225 e. The fourth-order valence-electron chi connectivity index (χ4n) is 1.50. The third-order valence-electron chi connectivity index (χ3n) is 2.49. The Bertz CT molecular complexity index is 523. The summed E-state index contributed by atoms with van der Waals surface area (Å²) in [6.07, 6.45) is 6.23. The van der Waals surface area contributed by atoms with Crippen LogP contribution in [0.5, 0.6) is 11.6 Å². The van der Waals surface area contributed by atoms with Crippen molar-refractivity contribution in [1.82, 2.24) is 19.7 Å². The van der Waals surface area contributed by atoms with Crippen LogP contribution in [0.1, 0.15) is 33.2 Å². The van der Waals surface area contributed by atoms with E-state index in [1.54, 1.807) is 18.5 Å². The van der Waals surface area contributed by atoms with Gasteiger partial charge in [0.1, 0.15) is 0 Å². The highest BCUT2D eigenvalue weighted by Gasteiger charge is 2.05. The maximum Gasteiger partial charge on any atom is 0.225 e. The van der Waals surface area contributed by atoms with Gasteiger partial charge in [0.25, 0.3) is 0 Å². The monoisotopic (exact) mass is 261 g/mol. The van der Waals surface area contributed by atoms with Crippen LogP contribution in [-0.2, 0) is 0 Å². The van der Waals surface area contributed by atoms with Crippen molar-refractivity contribution in [2.75, 3.05) is 11.9 Å². The van der Waals surface area contributed by atoms with Crippen molar-refractivity contribution in [3.8, 4) is 11.6 Å². The molecule has 19 heavy (non-hydrogen) atoms. The number of aromatic nitrogens is 4. The van der Waals surface area contributed by atoms with Crippen molar-refractivity contribution >= 4 is 5.95 Å². The first-order chi connectivity index (χ1) is 9.19. The fourth-order valence-corrected chi connectivity index (χ4v) is 1.50. The van der Waals surface area contributed by atoms with Crippen LogP contribution in [-0.4, -0.2) is 26.3 Å². The summed E-state index contributed by atoms with van der Waals surface area (Å²) >= 11 is 0. The molecular weight excluding hydrogens is 242 g/mol. The van der Waals surface area contributed by atoms with Crippen LogP contribution in [0.4, 0.5) is 5.95 Å². The summed E-state index contributed by atoms with van der Waals surface area (Å²) in [6.45, 7) is 7.06. The fraction of sp³-hybridized carbons (Fsp3) is 0.462. The third kappa shape index (κ3) is 3.67. The lowest BCUT2D eigenvalue weighted by Crippen LogP contribution is -2.04. The van der Waals surface area contributed by atoms with E-state index in [1.807, 2.05) is 10.9 Å². The van der Waals surface area contributed by atoms with Gasteiger partial charge < -0.3 is 10.1 Å². The van der Waals surface area contributed by atoms with Gasteiger partial charge in [-0.1, -0.05) is 6.92 Å². The van der Waals surface area contributed by atoms with E-state index < -0.39 is 0 Å². The van der Waals surface area contributed by atoms with E-state index in [0.717, 1.165) is 13.0 Å². The van der Waals surface area contributed by atoms with Crippen molar-refractivity contribution in [2.24, 2.45) is 0 Å². The third-order valence-corrected chi connectivity index (χ3v) is 2.49. The minimum Gasteiger partial charge on any atom is -0.436 e. The van der Waals surface area contributed by atoms with E-state index in [0.29, 0.717) is 23.6 Å². The minimum atomic E-state index is 0.310. The highest BCUT2D eigenvalue weighted by molar-refractivity contribution is 5.29. The quantitative estimate of drug-likeness (QED) is 0.866. The molecule has 0 aromatic carbocycles. The predicted molar refractivity (Wildman–Crippen MR) is 73.5 cm³/mol. The molecule has 6 nitrogen and oxygen atoms in total. The summed E-state index contributed by atoms with van der Waals surface area (Å²) in [7, 11) is 0. The summed E-state index contributed by atoms with van der Waals surface area (Å²) in [5, 5.41) is 7.34. The van der Waals surface area contributed by atoms with Gasteiger partial charge in [0.2, 0.25) is 11.8 Å². The largest absolute Gasteiger partial charge is 0.436 e. The first kappa shape index (κ1) is 13.3. The first-order valence-corrected chi connectivity index (χ1v) is 6.48. The van der Waals surface area contributed by atoms with E-state index in [4.69, 9.17) is 4.74 Å². The molecule has 2 heterocycles. The van der Waals surface area contributed by atoms with Gasteiger partial charge in [0, 0.05) is 24.8 Å². The van der Waals surface area contributed by atoms with E-state index in [1.165, 1.54) is 0 Å². The number of anilines is 1. The van der Waals surface area contributed by atoms with Crippen LogP contribution in [0, 0.1) is 0 Å². The molecule has 2 aromatic heterocycles. The van der Waals surface area contributed by atoms with Crippen LogP contribution in [0.2, 0.25) is 0 Å². The maximum absolute atomic E-state index is 5.66. The van der Waals surface area contributed by atoms with E-state index in [-0.39, 0.29) is 0 Å². The lowest BCUT2D eigenvalue weighted by Gasteiger charge is -2.05. The number of ether oxygens (including phenoxy) is 1. The molecule has 2 aromatic rings. The average molecular weight is 261 g/mol. The molecule has 0 atom stereocenters. The Labute approximate surface area is 112 Å². The second-order valence-electron chi connectivity index (χ2n) is 4.50. The van der Waals surface area contributed by atoms with Crippen LogP contribution in [0.3, 0.4) is 0 Å². The number of nitrogens with zero attached hydrogens (tertiary/aromatic N) is 4. The second-order valence-corrected chi connectivity index (χ2v) is 4.50. The van der Waals surface area contributed by atoms with Gasteiger partial charge in [-0.2, -0.15) is 10.1 Å². The zero-order valence-corrected chi connectivity index (χ0v) is 11.5. The van der Waals surface area contributed by atoms with E-state index in [9.17, 15) is 0 Å². The summed E-state index contributed by atoms with van der Waals surface area (Å²) in [5.74, 6) is 1.77. The standard InChI is InChI=1S/C13H19N5O/c1-4-6-14-13-15-7-5-12(17-13)19-11-8-16-18(9-11)10(2)3/h5,7-10H,4,6H2,1-3H3,(H,14,15,17). The van der Waals surface area contributed by atoms with Crippen LogP contribution >= 0.6 is 0 Å². The Hall–Kier alpha value is -2.11. The molecule has 0 unspecified atom stereocenters. The van der Waals surface area contributed by atoms with E-state index >= 15 is 0 Å². The zero-order chi connectivity index (χ0) is 13.7. The summed E-state index contributed by atoms with van der Waals surface area (Å²) < 4.78 is 7.50. The number of rotatable bonds is 6. The average Bonchev–Trinajstić information content (AvgIpc) is 2.85. The van der Waals surface area contributed by atoms with Crippen molar-refractivity contribution in [3.63, 3.8) is 0 Å². The molecule has 0 aliphatic carbocycles. The molecule has 0 aliphatic heterocycles. The normalized spacial score (nSPS) is 10.7. The second kappa shape index (κ2) is 6.17. The lowest BCUT2D eigenvalue weighted by atomic mass is 10.4. The van der Waals surface area contributed by atoms with Crippen molar-refractivity contribution in [1.29, 1.82) is 0 Å². The molecule has 6 heteroatoms. The van der Waals surface area contributed by atoms with Gasteiger partial charge in [0.15, 0.2) is 5.75 Å². The van der Waals surface area contributed by atoms with Crippen LogP contribution in [0.15, 0.2) is 24.7 Å². The maximum atomic E-state index is 5.66. The van der Waals surface area contributed by atoms with Gasteiger partial charge in [-0.3, -0.25) is 4.68 Å². The van der Waals surface area contributed by atoms with Crippen molar-refractivity contribution in [3.05, 3.63) is 24.7 Å². The lowest BCUT2D eigenvalue weighted by molar-refractivity contribution is 0.458. The molecular formula is C13H19N5O. The molecule has 0 bridgehead atoms. The number of nitrogens with one attached hydrogen (secondary N) is 1. The molecule has 2 rings (SSSR count). The molecule has 0 aliphatic rings. The Morgan fingerprint density at radius 2 is 2.26 bits per heavy atom. The van der Waals surface area contributed by atoms with Gasteiger partial charge in [0.05, 0.1) is 12.4 Å². The van der Waals surface area contributed by atoms with Gasteiger partial charge >= 0.3 is 0 Å². The van der Waals surface area contributed by atoms with Gasteiger partial charge in [-0.15, -0.1) is 0 Å². The zero-order valence-electron chi connectivity index (χ0n) is 11.5. The summed E-state index contributed by atoms with van der Waals surface area (Å²) in [5.41, 5.74) is 0. The summed E-state index contributed by atoms with van der Waals surface area (Å²) in [4.78, 5) is 8.41. The van der Waals surface area contributed by atoms with Crippen LogP contribution < -0.4 is 10.1 Å². The molecule has 0 saturated heterocycles. The Balaban J connectivity index is 2.05. The highest BCUT2D eigenvalue weighted by atomic mass is 16.5. The van der Waals surface area contributed by atoms with Gasteiger partial charge in [-0.25, -0.2) is 4.98 Å². The molecule has 0 amide bonds. The summed E-state index contributed by atoms with van der Waals surface area (Å²) in [6, 6.07) is 2.04. The molecule has 0 saturated carbocycles. The van der Waals surface area contributed by atoms with Crippen LogP contribution in [0.25, 0.3) is 0 Å². The van der Waals surface area contributed by atoms with Gasteiger partial charge in [-0.05, 0) is 20.3 Å². The highest BCUT2D eigenvalue weighted by Crippen LogP contribution is 2.20. The first-order valence-electron chi connectivity index (χ1n) is 6.48. The molecule has 1 N–H and O–H groups in total.